The van der Waals surface area contributed by atoms with E-state index in [1.54, 1.807) is 25.3 Å². The molecule has 5 nitrogen and oxygen atoms in total. The third-order valence-electron chi connectivity index (χ3n) is 4.05. The number of anilines is 1. The molecule has 0 spiro atoms. The van der Waals surface area contributed by atoms with Crippen molar-refractivity contribution in [1.82, 2.24) is 10.2 Å². The van der Waals surface area contributed by atoms with Crippen molar-refractivity contribution in [3.8, 4) is 11.8 Å². The number of hydrogen-bond donors (Lipinski definition) is 1. The predicted octanol–water partition coefficient (Wildman–Crippen LogP) is 4.34. The van der Waals surface area contributed by atoms with Crippen LogP contribution in [0.1, 0.15) is 23.6 Å². The van der Waals surface area contributed by atoms with Crippen molar-refractivity contribution in [1.29, 1.82) is 5.26 Å². The molecule has 0 aliphatic carbocycles. The van der Waals surface area contributed by atoms with E-state index in [2.05, 4.69) is 34.6 Å². The molecule has 1 N–H and O–H groups in total. The molecule has 2 aromatic carbocycles. The fourth-order valence-corrected chi connectivity index (χ4v) is 2.93. The summed E-state index contributed by atoms with van der Waals surface area (Å²) in [6.07, 6.45) is 0.895. The maximum atomic E-state index is 9.12. The lowest BCUT2D eigenvalue weighted by Gasteiger charge is -2.12. The van der Waals surface area contributed by atoms with Crippen LogP contribution in [0.15, 0.2) is 36.4 Å². The topological polar surface area (TPSA) is 70.8 Å². The second kappa shape index (κ2) is 7.37. The molecule has 3 aromatic rings. The standard InChI is InChI=1S/C19H17ClN4O/c1-3-14-8-13(5-7-17(14)25-2)11-22-19-16-9-12(10-21)4-6-15(16)18(20)23-24-19/h4-9H,3,11H2,1-2H3,(H,22,24). The molecule has 0 atom stereocenters. The van der Waals surface area contributed by atoms with E-state index in [0.29, 0.717) is 23.1 Å². The molecule has 0 unspecified atom stereocenters. The van der Waals surface area contributed by atoms with Crippen LogP contribution in [-0.4, -0.2) is 17.3 Å². The maximum absolute atomic E-state index is 9.12. The number of nitrogens with zero attached hydrogens (tertiary/aromatic N) is 3. The number of aryl methyl sites for hydroxylation is 1. The van der Waals surface area contributed by atoms with Crippen LogP contribution in [0.5, 0.6) is 5.75 Å². The van der Waals surface area contributed by atoms with E-state index in [9.17, 15) is 0 Å². The zero-order valence-corrected chi connectivity index (χ0v) is 14.8. The summed E-state index contributed by atoms with van der Waals surface area (Å²) in [7, 11) is 1.68. The zero-order valence-electron chi connectivity index (χ0n) is 14.0. The Bertz CT molecular complexity index is 966. The molecule has 0 saturated carbocycles. The fraction of sp³-hybridized carbons (Fsp3) is 0.211. The first-order valence-corrected chi connectivity index (χ1v) is 8.29. The monoisotopic (exact) mass is 352 g/mol. The van der Waals surface area contributed by atoms with Gasteiger partial charge in [0.1, 0.15) is 5.75 Å². The van der Waals surface area contributed by atoms with E-state index < -0.39 is 0 Å². The van der Waals surface area contributed by atoms with E-state index in [0.717, 1.165) is 34.1 Å². The van der Waals surface area contributed by atoms with E-state index in [-0.39, 0.29) is 0 Å². The van der Waals surface area contributed by atoms with Crippen LogP contribution in [0.3, 0.4) is 0 Å². The summed E-state index contributed by atoms with van der Waals surface area (Å²) in [5.74, 6) is 1.49. The van der Waals surface area contributed by atoms with Crippen molar-refractivity contribution in [2.45, 2.75) is 19.9 Å². The number of ether oxygens (including phenoxy) is 1. The van der Waals surface area contributed by atoms with Crippen LogP contribution in [0.2, 0.25) is 5.15 Å². The molecule has 6 heteroatoms. The van der Waals surface area contributed by atoms with Gasteiger partial charge in [-0.25, -0.2) is 0 Å². The quantitative estimate of drug-likeness (QED) is 0.739. The molecule has 1 aromatic heterocycles. The minimum Gasteiger partial charge on any atom is -0.496 e. The van der Waals surface area contributed by atoms with Crippen molar-refractivity contribution < 1.29 is 4.74 Å². The fourth-order valence-electron chi connectivity index (χ4n) is 2.73. The molecule has 0 fully saturated rings. The largest absolute Gasteiger partial charge is 0.496 e. The number of nitrogens with one attached hydrogen (secondary N) is 1. The van der Waals surface area contributed by atoms with Gasteiger partial charge in [0.05, 0.1) is 18.7 Å². The molecule has 3 rings (SSSR count). The molecule has 1 heterocycles. The molecule has 25 heavy (non-hydrogen) atoms. The number of hydrogen-bond acceptors (Lipinski definition) is 5. The highest BCUT2D eigenvalue weighted by molar-refractivity contribution is 6.34. The van der Waals surface area contributed by atoms with Gasteiger partial charge in [-0.2, -0.15) is 5.26 Å². The lowest BCUT2D eigenvalue weighted by atomic mass is 10.1. The third-order valence-corrected chi connectivity index (χ3v) is 4.33. The number of rotatable bonds is 5. The van der Waals surface area contributed by atoms with Crippen LogP contribution in [0.4, 0.5) is 5.82 Å². The molecule has 0 radical (unpaired) electrons. The summed E-state index contributed by atoms with van der Waals surface area (Å²) in [6, 6.07) is 13.5. The van der Waals surface area contributed by atoms with Gasteiger partial charge >= 0.3 is 0 Å². The summed E-state index contributed by atoms with van der Waals surface area (Å²) in [5, 5.41) is 22.4. The van der Waals surface area contributed by atoms with Gasteiger partial charge in [0.2, 0.25) is 0 Å². The zero-order chi connectivity index (χ0) is 17.8. The van der Waals surface area contributed by atoms with Gasteiger partial charge < -0.3 is 10.1 Å². The first-order valence-electron chi connectivity index (χ1n) is 7.92. The second-order valence-electron chi connectivity index (χ2n) is 5.56. The van der Waals surface area contributed by atoms with Crippen LogP contribution < -0.4 is 10.1 Å². The van der Waals surface area contributed by atoms with Crippen molar-refractivity contribution in [3.63, 3.8) is 0 Å². The predicted molar refractivity (Wildman–Crippen MR) is 99.0 cm³/mol. The van der Waals surface area contributed by atoms with E-state index in [1.807, 2.05) is 12.1 Å². The number of nitriles is 1. The molecular formula is C19H17ClN4O. The Morgan fingerprint density at radius 3 is 2.72 bits per heavy atom. The molecular weight excluding hydrogens is 336 g/mol. The Balaban J connectivity index is 1.91. The minimum absolute atomic E-state index is 0.322. The molecule has 0 aliphatic heterocycles. The number of aromatic nitrogens is 2. The van der Waals surface area contributed by atoms with Crippen LogP contribution in [0, 0.1) is 11.3 Å². The highest BCUT2D eigenvalue weighted by Crippen LogP contribution is 2.27. The Kier molecular flexibility index (Phi) is 5.01. The van der Waals surface area contributed by atoms with Gasteiger partial charge in [-0.3, -0.25) is 0 Å². The smallest absolute Gasteiger partial charge is 0.159 e. The molecule has 0 amide bonds. The van der Waals surface area contributed by atoms with Crippen molar-refractivity contribution >= 4 is 28.2 Å². The summed E-state index contributed by atoms with van der Waals surface area (Å²) in [4.78, 5) is 0. The van der Waals surface area contributed by atoms with E-state index in [1.165, 1.54) is 0 Å². The lowest BCUT2D eigenvalue weighted by molar-refractivity contribution is 0.410. The Hall–Kier alpha value is -2.84. The number of halogens is 1. The lowest BCUT2D eigenvalue weighted by Crippen LogP contribution is -2.04. The summed E-state index contributed by atoms with van der Waals surface area (Å²) >= 11 is 6.12. The highest BCUT2D eigenvalue weighted by atomic mass is 35.5. The van der Waals surface area contributed by atoms with Crippen molar-refractivity contribution in [2.75, 3.05) is 12.4 Å². The van der Waals surface area contributed by atoms with Gasteiger partial charge in [0.15, 0.2) is 11.0 Å². The average molecular weight is 353 g/mol. The van der Waals surface area contributed by atoms with Crippen molar-refractivity contribution in [2.24, 2.45) is 0 Å². The van der Waals surface area contributed by atoms with Gasteiger partial charge in [-0.05, 0) is 41.8 Å². The highest BCUT2D eigenvalue weighted by Gasteiger charge is 2.09. The molecule has 0 aliphatic rings. The number of methoxy groups -OCH3 is 1. The van der Waals surface area contributed by atoms with Crippen LogP contribution in [-0.2, 0) is 13.0 Å². The molecule has 126 valence electrons. The first-order chi connectivity index (χ1) is 12.2. The Morgan fingerprint density at radius 1 is 1.16 bits per heavy atom. The van der Waals surface area contributed by atoms with Gasteiger partial charge in [0.25, 0.3) is 0 Å². The van der Waals surface area contributed by atoms with Gasteiger partial charge in [-0.15, -0.1) is 10.2 Å². The minimum atomic E-state index is 0.322. The maximum Gasteiger partial charge on any atom is 0.159 e. The molecule has 0 bridgehead atoms. The number of benzene rings is 2. The van der Waals surface area contributed by atoms with Gasteiger partial charge in [-0.1, -0.05) is 30.7 Å². The van der Waals surface area contributed by atoms with E-state index in [4.69, 9.17) is 21.6 Å². The average Bonchev–Trinajstić information content (AvgIpc) is 2.66. The number of fused-ring (bicyclic) bond motifs is 1. The summed E-state index contributed by atoms with van der Waals surface area (Å²) in [5.41, 5.74) is 2.82. The summed E-state index contributed by atoms with van der Waals surface area (Å²) < 4.78 is 5.36. The Morgan fingerprint density at radius 2 is 2.00 bits per heavy atom. The summed E-state index contributed by atoms with van der Waals surface area (Å²) in [6.45, 7) is 2.68. The van der Waals surface area contributed by atoms with Gasteiger partial charge in [0, 0.05) is 17.3 Å². The Labute approximate surface area is 151 Å². The third kappa shape index (κ3) is 3.49. The first kappa shape index (κ1) is 17.0. The second-order valence-corrected chi connectivity index (χ2v) is 5.92. The van der Waals surface area contributed by atoms with Crippen LogP contribution in [0.25, 0.3) is 10.8 Å². The SMILES string of the molecule is CCc1cc(CNc2nnc(Cl)c3ccc(C#N)cc23)ccc1OC. The normalized spacial score (nSPS) is 10.5. The van der Waals surface area contributed by atoms with Crippen LogP contribution >= 0.6 is 11.6 Å². The molecule has 0 saturated heterocycles. The van der Waals surface area contributed by atoms with E-state index >= 15 is 0 Å². The van der Waals surface area contributed by atoms with Crippen molar-refractivity contribution in [3.05, 3.63) is 58.2 Å².